The molecule has 0 amide bonds. The van der Waals surface area contributed by atoms with Gasteiger partial charge in [-0.1, -0.05) is 30.3 Å². The maximum Gasteiger partial charge on any atom is 0.307 e. The van der Waals surface area contributed by atoms with Gasteiger partial charge in [0.1, 0.15) is 12.2 Å². The predicted molar refractivity (Wildman–Crippen MR) is 85.7 cm³/mol. The van der Waals surface area contributed by atoms with Crippen molar-refractivity contribution in [2.45, 2.75) is 57.8 Å². The van der Waals surface area contributed by atoms with Crippen molar-refractivity contribution < 1.29 is 19.0 Å². The first-order chi connectivity index (χ1) is 11.0. The number of rotatable bonds is 5. The van der Waals surface area contributed by atoms with Crippen molar-refractivity contribution in [1.82, 2.24) is 4.90 Å². The first kappa shape index (κ1) is 16.4. The predicted octanol–water partition coefficient (Wildman–Crippen LogP) is 2.34. The van der Waals surface area contributed by atoms with Crippen molar-refractivity contribution in [3.05, 3.63) is 35.9 Å². The summed E-state index contributed by atoms with van der Waals surface area (Å²) in [6, 6.07) is 10.3. The van der Waals surface area contributed by atoms with Crippen LogP contribution in [0.2, 0.25) is 0 Å². The summed E-state index contributed by atoms with van der Waals surface area (Å²) in [6.07, 6.45) is 0.257. The van der Waals surface area contributed by atoms with Gasteiger partial charge in [-0.2, -0.15) is 0 Å². The third kappa shape index (κ3) is 3.74. The highest BCUT2D eigenvalue weighted by molar-refractivity contribution is 5.70. The Morgan fingerprint density at radius 1 is 1.30 bits per heavy atom. The highest BCUT2D eigenvalue weighted by Gasteiger charge is 2.52. The molecule has 2 saturated heterocycles. The Bertz CT molecular complexity index is 545. The van der Waals surface area contributed by atoms with Crippen molar-refractivity contribution in [3.63, 3.8) is 0 Å². The summed E-state index contributed by atoms with van der Waals surface area (Å²) >= 11 is 0. The number of hydrogen-bond donors (Lipinski definition) is 0. The lowest BCUT2D eigenvalue weighted by molar-refractivity contribution is -0.166. The van der Waals surface area contributed by atoms with Crippen LogP contribution in [0.4, 0.5) is 0 Å². The van der Waals surface area contributed by atoms with Crippen LogP contribution < -0.4 is 0 Å². The number of esters is 1. The van der Waals surface area contributed by atoms with Crippen LogP contribution in [0.15, 0.2) is 30.3 Å². The largest absolute Gasteiger partial charge is 0.466 e. The van der Waals surface area contributed by atoms with Gasteiger partial charge in [-0.15, -0.1) is 0 Å². The number of benzene rings is 1. The minimum atomic E-state index is -0.582. The summed E-state index contributed by atoms with van der Waals surface area (Å²) in [6.45, 7) is 7.64. The molecule has 0 radical (unpaired) electrons. The van der Waals surface area contributed by atoms with Gasteiger partial charge in [0, 0.05) is 19.1 Å². The molecule has 2 aliphatic rings. The molecule has 0 saturated carbocycles. The van der Waals surface area contributed by atoms with Crippen LogP contribution >= 0.6 is 0 Å². The fourth-order valence-corrected chi connectivity index (χ4v) is 3.54. The molecular weight excluding hydrogens is 294 g/mol. The molecule has 5 nitrogen and oxygen atoms in total. The summed E-state index contributed by atoms with van der Waals surface area (Å²) < 4.78 is 17.2. The maximum atomic E-state index is 12.0. The second kappa shape index (κ2) is 6.59. The highest BCUT2D eigenvalue weighted by atomic mass is 16.8. The van der Waals surface area contributed by atoms with Crippen LogP contribution in [0.5, 0.6) is 0 Å². The second-order valence-corrected chi connectivity index (χ2v) is 6.63. The summed E-state index contributed by atoms with van der Waals surface area (Å²) in [5.41, 5.74) is 1.22. The highest BCUT2D eigenvalue weighted by Crippen LogP contribution is 2.38. The molecule has 2 fully saturated rings. The van der Waals surface area contributed by atoms with Gasteiger partial charge < -0.3 is 14.2 Å². The molecule has 0 unspecified atom stereocenters. The molecule has 0 spiro atoms. The fraction of sp³-hybridized carbons (Fsp3) is 0.611. The minimum absolute atomic E-state index is 0.00754. The van der Waals surface area contributed by atoms with E-state index in [1.54, 1.807) is 0 Å². The van der Waals surface area contributed by atoms with E-state index in [0.717, 1.165) is 13.1 Å². The molecule has 3 rings (SSSR count). The Balaban J connectivity index is 1.74. The molecule has 0 N–H and O–H groups in total. The lowest BCUT2D eigenvalue weighted by Gasteiger charge is -2.29. The molecule has 3 atom stereocenters. The topological polar surface area (TPSA) is 48.0 Å². The smallest absolute Gasteiger partial charge is 0.307 e. The molecular formula is C18H25NO4. The van der Waals surface area contributed by atoms with E-state index in [2.05, 4.69) is 17.0 Å². The number of hydrogen-bond acceptors (Lipinski definition) is 5. The summed E-state index contributed by atoms with van der Waals surface area (Å²) in [7, 11) is 0. The monoisotopic (exact) mass is 319 g/mol. The fourth-order valence-electron chi connectivity index (χ4n) is 3.54. The van der Waals surface area contributed by atoms with Gasteiger partial charge in [0.15, 0.2) is 5.79 Å². The van der Waals surface area contributed by atoms with Crippen molar-refractivity contribution >= 4 is 5.97 Å². The van der Waals surface area contributed by atoms with E-state index in [0.29, 0.717) is 13.0 Å². The van der Waals surface area contributed by atoms with Gasteiger partial charge in [0.25, 0.3) is 0 Å². The second-order valence-electron chi connectivity index (χ2n) is 6.63. The Labute approximate surface area is 137 Å². The van der Waals surface area contributed by atoms with Crippen molar-refractivity contribution in [3.8, 4) is 0 Å². The Morgan fingerprint density at radius 2 is 2.04 bits per heavy atom. The van der Waals surface area contributed by atoms with E-state index >= 15 is 0 Å². The number of fused-ring (bicyclic) bond motifs is 1. The van der Waals surface area contributed by atoms with Crippen molar-refractivity contribution in [2.75, 3.05) is 13.2 Å². The Hall–Kier alpha value is -1.43. The molecule has 2 aliphatic heterocycles. The van der Waals surface area contributed by atoms with Crippen LogP contribution in [0.25, 0.3) is 0 Å². The number of likely N-dealkylation sites (tertiary alicyclic amines) is 1. The lowest BCUT2D eigenvalue weighted by atomic mass is 10.1. The summed E-state index contributed by atoms with van der Waals surface area (Å²) in [5.74, 6) is -0.759. The van der Waals surface area contributed by atoms with Crippen LogP contribution in [0.3, 0.4) is 0 Å². The van der Waals surface area contributed by atoms with Crippen molar-refractivity contribution in [2.24, 2.45) is 0 Å². The molecule has 1 aromatic carbocycles. The summed E-state index contributed by atoms with van der Waals surface area (Å²) in [5, 5.41) is 0. The zero-order chi connectivity index (χ0) is 16.4. The third-order valence-corrected chi connectivity index (χ3v) is 4.39. The third-order valence-electron chi connectivity index (χ3n) is 4.39. The SMILES string of the molecule is CCOC(=O)C[C@H]1[C@@H]2OC(C)(C)O[C@@H]2CN1Cc1ccccc1. The van der Waals surface area contributed by atoms with E-state index < -0.39 is 5.79 Å². The van der Waals surface area contributed by atoms with Gasteiger partial charge in [-0.25, -0.2) is 0 Å². The average molecular weight is 319 g/mol. The van der Waals surface area contributed by atoms with Crippen LogP contribution in [0, 0.1) is 0 Å². The van der Waals surface area contributed by atoms with E-state index in [1.165, 1.54) is 5.56 Å². The van der Waals surface area contributed by atoms with Gasteiger partial charge in [-0.3, -0.25) is 9.69 Å². The zero-order valence-electron chi connectivity index (χ0n) is 14.0. The molecule has 126 valence electrons. The van der Waals surface area contributed by atoms with Crippen LogP contribution in [-0.2, 0) is 25.5 Å². The van der Waals surface area contributed by atoms with E-state index in [4.69, 9.17) is 14.2 Å². The van der Waals surface area contributed by atoms with Crippen LogP contribution in [-0.4, -0.2) is 48.1 Å². The van der Waals surface area contributed by atoms with Crippen molar-refractivity contribution in [1.29, 1.82) is 0 Å². The molecule has 1 aromatic rings. The minimum Gasteiger partial charge on any atom is -0.466 e. The zero-order valence-corrected chi connectivity index (χ0v) is 14.0. The van der Waals surface area contributed by atoms with E-state index in [9.17, 15) is 4.79 Å². The maximum absolute atomic E-state index is 12.0. The van der Waals surface area contributed by atoms with Crippen LogP contribution in [0.1, 0.15) is 32.8 Å². The number of carbonyl (C=O) groups excluding carboxylic acids is 1. The van der Waals surface area contributed by atoms with Gasteiger partial charge in [0.2, 0.25) is 0 Å². The molecule has 23 heavy (non-hydrogen) atoms. The van der Waals surface area contributed by atoms with E-state index in [-0.39, 0.29) is 24.2 Å². The quantitative estimate of drug-likeness (QED) is 0.780. The number of nitrogens with zero attached hydrogens (tertiary/aromatic N) is 1. The van der Waals surface area contributed by atoms with Gasteiger partial charge in [0.05, 0.1) is 13.0 Å². The Kier molecular flexibility index (Phi) is 4.71. The number of carbonyl (C=O) groups is 1. The number of ether oxygens (including phenoxy) is 3. The average Bonchev–Trinajstić information content (AvgIpc) is 2.94. The first-order valence-corrected chi connectivity index (χ1v) is 8.28. The lowest BCUT2D eigenvalue weighted by Crippen LogP contribution is -2.40. The standard InChI is InChI=1S/C18H25NO4/c1-4-21-16(20)10-14-17-15(22-18(2,3)23-17)12-19(14)11-13-8-6-5-7-9-13/h5-9,14-15,17H,4,10-12H2,1-3H3/t14-,15+,17-/m0/s1. The van der Waals surface area contributed by atoms with Gasteiger partial charge in [-0.05, 0) is 26.3 Å². The molecule has 2 heterocycles. The first-order valence-electron chi connectivity index (χ1n) is 8.28. The Morgan fingerprint density at radius 3 is 2.74 bits per heavy atom. The van der Waals surface area contributed by atoms with E-state index in [1.807, 2.05) is 39.0 Å². The van der Waals surface area contributed by atoms with Gasteiger partial charge >= 0.3 is 5.97 Å². The molecule has 0 aromatic heterocycles. The molecule has 5 heteroatoms. The molecule has 0 aliphatic carbocycles. The molecule has 0 bridgehead atoms. The normalized spacial score (nSPS) is 29.4. The summed E-state index contributed by atoms with van der Waals surface area (Å²) in [4.78, 5) is 14.3.